The van der Waals surface area contributed by atoms with Crippen LogP contribution >= 0.6 is 0 Å². The average Bonchev–Trinajstić information content (AvgIpc) is 2.46. The number of nitrogens with one attached hydrogen (secondary N) is 1. The molecular weight excluding hydrogens is 248 g/mol. The highest BCUT2D eigenvalue weighted by Gasteiger charge is 2.24. The van der Waals surface area contributed by atoms with Crippen molar-refractivity contribution in [2.45, 2.75) is 58.9 Å². The Bertz CT molecular complexity index is 424. The van der Waals surface area contributed by atoms with Crippen molar-refractivity contribution in [3.05, 3.63) is 11.8 Å². The number of hydrogen-bond donors (Lipinski definition) is 1. The zero-order chi connectivity index (χ0) is 14.5. The maximum atomic E-state index is 4.64. The van der Waals surface area contributed by atoms with Gasteiger partial charge in [-0.25, -0.2) is 4.98 Å². The molecule has 1 N–H and O–H groups in total. The van der Waals surface area contributed by atoms with Gasteiger partial charge in [-0.3, -0.25) is 0 Å². The lowest BCUT2D eigenvalue weighted by Crippen LogP contribution is -2.35. The SMILES string of the molecule is CCNc1nc(C)cc(N(C)C2CCC(CC)CC2)n1. The van der Waals surface area contributed by atoms with E-state index in [9.17, 15) is 0 Å². The molecular formula is C16H28N4. The lowest BCUT2D eigenvalue weighted by Gasteiger charge is -2.35. The highest BCUT2D eigenvalue weighted by atomic mass is 15.2. The normalized spacial score (nSPS) is 22.6. The predicted octanol–water partition coefficient (Wildman–Crippen LogP) is 3.62. The smallest absolute Gasteiger partial charge is 0.224 e. The van der Waals surface area contributed by atoms with Crippen LogP contribution in [-0.4, -0.2) is 29.6 Å². The molecule has 1 aromatic rings. The largest absolute Gasteiger partial charge is 0.357 e. The van der Waals surface area contributed by atoms with Crippen LogP contribution in [0.2, 0.25) is 0 Å². The Balaban J connectivity index is 2.07. The van der Waals surface area contributed by atoms with Crippen molar-refractivity contribution in [2.75, 3.05) is 23.8 Å². The summed E-state index contributed by atoms with van der Waals surface area (Å²) < 4.78 is 0. The molecule has 0 atom stereocenters. The van der Waals surface area contributed by atoms with Crippen LogP contribution in [0.4, 0.5) is 11.8 Å². The van der Waals surface area contributed by atoms with Crippen molar-refractivity contribution in [1.29, 1.82) is 0 Å². The Kier molecular flexibility index (Phi) is 5.21. The third kappa shape index (κ3) is 3.62. The lowest BCUT2D eigenvalue weighted by atomic mass is 9.84. The number of rotatable bonds is 5. The minimum Gasteiger partial charge on any atom is -0.357 e. The van der Waals surface area contributed by atoms with E-state index in [1.165, 1.54) is 32.1 Å². The number of nitrogens with zero attached hydrogens (tertiary/aromatic N) is 3. The molecule has 4 heteroatoms. The molecule has 0 amide bonds. The molecule has 0 radical (unpaired) electrons. The van der Waals surface area contributed by atoms with E-state index in [0.717, 1.165) is 29.9 Å². The van der Waals surface area contributed by atoms with E-state index < -0.39 is 0 Å². The fourth-order valence-electron chi connectivity index (χ4n) is 3.10. The summed E-state index contributed by atoms with van der Waals surface area (Å²) in [4.78, 5) is 11.4. The van der Waals surface area contributed by atoms with Gasteiger partial charge in [-0.15, -0.1) is 0 Å². The second kappa shape index (κ2) is 6.91. The molecule has 1 fully saturated rings. The topological polar surface area (TPSA) is 41.1 Å². The molecule has 0 unspecified atom stereocenters. The van der Waals surface area contributed by atoms with Crippen molar-refractivity contribution in [3.63, 3.8) is 0 Å². The van der Waals surface area contributed by atoms with Crippen LogP contribution in [0.15, 0.2) is 6.07 Å². The molecule has 0 saturated heterocycles. The first-order chi connectivity index (χ1) is 9.63. The quantitative estimate of drug-likeness (QED) is 0.891. The molecule has 0 spiro atoms. The molecule has 0 aromatic carbocycles. The molecule has 1 aromatic heterocycles. The molecule has 1 heterocycles. The van der Waals surface area contributed by atoms with E-state index >= 15 is 0 Å². The summed E-state index contributed by atoms with van der Waals surface area (Å²) in [6.45, 7) is 7.27. The maximum Gasteiger partial charge on any atom is 0.224 e. The molecule has 1 saturated carbocycles. The third-order valence-electron chi connectivity index (χ3n) is 4.48. The zero-order valence-electron chi connectivity index (χ0n) is 13.3. The standard InChI is InChI=1S/C16H28N4/c1-5-13-7-9-14(10-8-13)20(4)15-11-12(3)18-16(19-15)17-6-2/h11,13-14H,5-10H2,1-4H3,(H,17,18,19). The summed E-state index contributed by atoms with van der Waals surface area (Å²) in [6, 6.07) is 2.72. The minimum atomic E-state index is 0.626. The predicted molar refractivity (Wildman–Crippen MR) is 85.4 cm³/mol. The first-order valence-electron chi connectivity index (χ1n) is 7.96. The molecule has 0 bridgehead atoms. The first-order valence-corrected chi connectivity index (χ1v) is 7.96. The molecule has 20 heavy (non-hydrogen) atoms. The fraction of sp³-hybridized carbons (Fsp3) is 0.750. The van der Waals surface area contributed by atoms with E-state index in [4.69, 9.17) is 0 Å². The summed E-state index contributed by atoms with van der Waals surface area (Å²) in [6.07, 6.45) is 6.61. The Morgan fingerprint density at radius 1 is 1.20 bits per heavy atom. The Hall–Kier alpha value is -1.32. The molecule has 112 valence electrons. The van der Waals surface area contributed by atoms with Crippen LogP contribution in [0.1, 0.15) is 51.6 Å². The van der Waals surface area contributed by atoms with Crippen molar-refractivity contribution >= 4 is 11.8 Å². The Morgan fingerprint density at radius 2 is 1.90 bits per heavy atom. The lowest BCUT2D eigenvalue weighted by molar-refractivity contribution is 0.313. The summed E-state index contributed by atoms with van der Waals surface area (Å²) in [5, 5.41) is 3.21. The van der Waals surface area contributed by atoms with Crippen molar-refractivity contribution in [3.8, 4) is 0 Å². The first kappa shape index (κ1) is 15.1. The summed E-state index contributed by atoms with van der Waals surface area (Å²) in [7, 11) is 2.18. The maximum absolute atomic E-state index is 4.64. The number of hydrogen-bond acceptors (Lipinski definition) is 4. The van der Waals surface area contributed by atoms with Gasteiger partial charge in [0.15, 0.2) is 0 Å². The summed E-state index contributed by atoms with van der Waals surface area (Å²) in [5.41, 5.74) is 1.03. The van der Waals surface area contributed by atoms with Gasteiger partial charge >= 0.3 is 0 Å². The molecule has 0 aliphatic heterocycles. The van der Waals surface area contributed by atoms with Crippen LogP contribution in [0, 0.1) is 12.8 Å². The van der Waals surface area contributed by atoms with Gasteiger partial charge in [0, 0.05) is 31.4 Å². The fourth-order valence-corrected chi connectivity index (χ4v) is 3.10. The van der Waals surface area contributed by atoms with Gasteiger partial charge in [0.2, 0.25) is 5.95 Å². The van der Waals surface area contributed by atoms with Crippen molar-refractivity contribution < 1.29 is 0 Å². The number of anilines is 2. The monoisotopic (exact) mass is 276 g/mol. The van der Waals surface area contributed by atoms with Crippen LogP contribution in [-0.2, 0) is 0 Å². The zero-order valence-corrected chi connectivity index (χ0v) is 13.3. The van der Waals surface area contributed by atoms with Crippen LogP contribution in [0.3, 0.4) is 0 Å². The van der Waals surface area contributed by atoms with Crippen LogP contribution in [0.25, 0.3) is 0 Å². The summed E-state index contributed by atoms with van der Waals surface area (Å²) >= 11 is 0. The second-order valence-electron chi connectivity index (χ2n) is 5.92. The molecule has 1 aliphatic rings. The van der Waals surface area contributed by atoms with Gasteiger partial charge in [0.25, 0.3) is 0 Å². The van der Waals surface area contributed by atoms with Gasteiger partial charge in [-0.1, -0.05) is 13.3 Å². The van der Waals surface area contributed by atoms with Gasteiger partial charge in [0.05, 0.1) is 0 Å². The van der Waals surface area contributed by atoms with Crippen molar-refractivity contribution in [2.24, 2.45) is 5.92 Å². The molecule has 1 aliphatic carbocycles. The number of aryl methyl sites for hydroxylation is 1. The van der Waals surface area contributed by atoms with Crippen LogP contribution < -0.4 is 10.2 Å². The third-order valence-corrected chi connectivity index (χ3v) is 4.48. The van der Waals surface area contributed by atoms with Crippen molar-refractivity contribution in [1.82, 2.24) is 9.97 Å². The Labute approximate surface area is 123 Å². The van der Waals surface area contributed by atoms with E-state index in [1.54, 1.807) is 0 Å². The van der Waals surface area contributed by atoms with Crippen LogP contribution in [0.5, 0.6) is 0 Å². The molecule has 4 nitrogen and oxygen atoms in total. The van der Waals surface area contributed by atoms with E-state index in [-0.39, 0.29) is 0 Å². The molecule has 2 rings (SSSR count). The summed E-state index contributed by atoms with van der Waals surface area (Å²) in [5.74, 6) is 2.73. The Morgan fingerprint density at radius 3 is 2.50 bits per heavy atom. The highest BCUT2D eigenvalue weighted by Crippen LogP contribution is 2.30. The highest BCUT2D eigenvalue weighted by molar-refractivity contribution is 5.45. The number of aromatic nitrogens is 2. The van der Waals surface area contributed by atoms with E-state index in [1.807, 2.05) is 6.92 Å². The average molecular weight is 276 g/mol. The van der Waals surface area contributed by atoms with E-state index in [2.05, 4.69) is 47.1 Å². The van der Waals surface area contributed by atoms with E-state index in [0.29, 0.717) is 6.04 Å². The van der Waals surface area contributed by atoms with Gasteiger partial charge in [-0.05, 0) is 45.4 Å². The van der Waals surface area contributed by atoms with Gasteiger partial charge < -0.3 is 10.2 Å². The second-order valence-corrected chi connectivity index (χ2v) is 5.92. The minimum absolute atomic E-state index is 0.626. The van der Waals surface area contributed by atoms with Gasteiger partial charge in [-0.2, -0.15) is 4.98 Å². The van der Waals surface area contributed by atoms with Gasteiger partial charge in [0.1, 0.15) is 5.82 Å².